The van der Waals surface area contributed by atoms with Crippen molar-refractivity contribution >= 4 is 11.8 Å². The normalized spacial score (nSPS) is 22.4. The molecular formula is C15H18F2N2O2. The number of halogens is 2. The first kappa shape index (κ1) is 15.4. The van der Waals surface area contributed by atoms with Crippen LogP contribution in [0.2, 0.25) is 0 Å². The molecule has 0 radical (unpaired) electrons. The third kappa shape index (κ3) is 3.20. The van der Waals surface area contributed by atoms with Crippen LogP contribution in [0.15, 0.2) is 18.2 Å². The molecule has 21 heavy (non-hydrogen) atoms. The maximum Gasteiger partial charge on any atom is 0.245 e. The highest BCUT2D eigenvalue weighted by Gasteiger charge is 2.38. The minimum Gasteiger partial charge on any atom is -0.343 e. The Bertz CT molecular complexity index is 563. The van der Waals surface area contributed by atoms with Crippen LogP contribution in [-0.2, 0) is 16.1 Å². The average Bonchev–Trinajstić information content (AvgIpc) is 2.42. The molecule has 0 saturated carbocycles. The predicted octanol–water partition coefficient (Wildman–Crippen LogP) is 1.98. The highest BCUT2D eigenvalue weighted by atomic mass is 19.1. The van der Waals surface area contributed by atoms with Crippen LogP contribution in [0.5, 0.6) is 0 Å². The Morgan fingerprint density at radius 2 is 2.00 bits per heavy atom. The fourth-order valence-electron chi connectivity index (χ4n) is 2.50. The largest absolute Gasteiger partial charge is 0.343 e. The molecule has 1 aromatic carbocycles. The molecule has 2 rings (SSSR count). The van der Waals surface area contributed by atoms with Crippen LogP contribution in [0.3, 0.4) is 0 Å². The molecule has 1 heterocycles. The Morgan fingerprint density at radius 3 is 2.62 bits per heavy atom. The molecule has 1 aromatic rings. The number of piperazine rings is 1. The Kier molecular flexibility index (Phi) is 4.55. The Labute approximate surface area is 122 Å². The van der Waals surface area contributed by atoms with Gasteiger partial charge in [0.2, 0.25) is 11.8 Å². The van der Waals surface area contributed by atoms with Gasteiger partial charge >= 0.3 is 0 Å². The number of rotatable bonds is 4. The maximum absolute atomic E-state index is 13.8. The molecule has 1 aliphatic rings. The van der Waals surface area contributed by atoms with Crippen molar-refractivity contribution in [2.24, 2.45) is 0 Å². The van der Waals surface area contributed by atoms with Crippen molar-refractivity contribution in [1.82, 2.24) is 10.2 Å². The lowest BCUT2D eigenvalue weighted by Crippen LogP contribution is -2.61. The van der Waals surface area contributed by atoms with Gasteiger partial charge in [-0.15, -0.1) is 0 Å². The number of hydrogen-bond acceptors (Lipinski definition) is 2. The number of carbonyl (C=O) groups excluding carboxylic acids is 2. The number of amides is 2. The quantitative estimate of drug-likeness (QED) is 0.923. The molecule has 4 nitrogen and oxygen atoms in total. The van der Waals surface area contributed by atoms with E-state index in [9.17, 15) is 18.4 Å². The predicted molar refractivity (Wildman–Crippen MR) is 73.2 cm³/mol. The monoisotopic (exact) mass is 296 g/mol. The SMILES string of the molecule is CCCC1C(=O)NC(C)C(=O)N1Cc1ccc(F)cc1F. The van der Waals surface area contributed by atoms with E-state index in [1.54, 1.807) is 6.92 Å². The van der Waals surface area contributed by atoms with Gasteiger partial charge in [0.1, 0.15) is 23.7 Å². The molecule has 0 aromatic heterocycles. The summed E-state index contributed by atoms with van der Waals surface area (Å²) < 4.78 is 26.7. The van der Waals surface area contributed by atoms with E-state index in [0.29, 0.717) is 6.42 Å². The number of benzene rings is 1. The molecule has 0 aliphatic carbocycles. The summed E-state index contributed by atoms with van der Waals surface area (Å²) in [5, 5.41) is 2.62. The van der Waals surface area contributed by atoms with E-state index in [2.05, 4.69) is 5.32 Å². The average molecular weight is 296 g/mol. The van der Waals surface area contributed by atoms with Crippen molar-refractivity contribution in [3.63, 3.8) is 0 Å². The first-order chi connectivity index (χ1) is 9.93. The fraction of sp³-hybridized carbons (Fsp3) is 0.467. The molecule has 2 amide bonds. The van der Waals surface area contributed by atoms with Crippen LogP contribution >= 0.6 is 0 Å². The molecule has 0 bridgehead atoms. The number of carbonyl (C=O) groups is 2. The van der Waals surface area contributed by atoms with Crippen LogP contribution < -0.4 is 5.32 Å². The van der Waals surface area contributed by atoms with Crippen molar-refractivity contribution in [3.8, 4) is 0 Å². The van der Waals surface area contributed by atoms with Crippen LogP contribution in [0, 0.1) is 11.6 Å². The van der Waals surface area contributed by atoms with Crippen LogP contribution in [0.25, 0.3) is 0 Å². The molecule has 1 N–H and O–H groups in total. The second kappa shape index (κ2) is 6.20. The Balaban J connectivity index is 2.27. The van der Waals surface area contributed by atoms with E-state index in [1.165, 1.54) is 11.0 Å². The third-order valence-corrected chi connectivity index (χ3v) is 3.61. The minimum atomic E-state index is -0.711. The van der Waals surface area contributed by atoms with E-state index in [4.69, 9.17) is 0 Å². The van der Waals surface area contributed by atoms with Gasteiger partial charge in [0, 0.05) is 18.2 Å². The number of nitrogens with zero attached hydrogens (tertiary/aromatic N) is 1. The summed E-state index contributed by atoms with van der Waals surface area (Å²) in [6.07, 6.45) is 1.23. The standard InChI is InChI=1S/C15H18F2N2O2/c1-3-4-13-14(20)18-9(2)15(21)19(13)8-10-5-6-11(16)7-12(10)17/h5-7,9,13H,3-4,8H2,1-2H3,(H,18,20). The van der Waals surface area contributed by atoms with Gasteiger partial charge in [-0.05, 0) is 19.4 Å². The molecule has 114 valence electrons. The van der Waals surface area contributed by atoms with Crippen molar-refractivity contribution in [2.75, 3.05) is 0 Å². The van der Waals surface area contributed by atoms with E-state index in [-0.39, 0.29) is 23.9 Å². The summed E-state index contributed by atoms with van der Waals surface area (Å²) in [7, 11) is 0. The van der Waals surface area contributed by atoms with Crippen molar-refractivity contribution in [2.45, 2.75) is 45.3 Å². The van der Waals surface area contributed by atoms with Crippen LogP contribution in [0.1, 0.15) is 32.3 Å². The van der Waals surface area contributed by atoms with Crippen molar-refractivity contribution in [3.05, 3.63) is 35.4 Å². The highest BCUT2D eigenvalue weighted by Crippen LogP contribution is 2.20. The van der Waals surface area contributed by atoms with Gasteiger partial charge < -0.3 is 10.2 Å². The smallest absolute Gasteiger partial charge is 0.245 e. The van der Waals surface area contributed by atoms with E-state index in [0.717, 1.165) is 18.6 Å². The van der Waals surface area contributed by atoms with Gasteiger partial charge in [0.15, 0.2) is 0 Å². The van der Waals surface area contributed by atoms with Crippen molar-refractivity contribution in [1.29, 1.82) is 0 Å². The summed E-state index contributed by atoms with van der Waals surface area (Å²) in [6, 6.07) is 1.99. The van der Waals surface area contributed by atoms with E-state index in [1.807, 2.05) is 6.92 Å². The summed E-state index contributed by atoms with van der Waals surface area (Å²) in [5.74, 6) is -1.86. The topological polar surface area (TPSA) is 49.4 Å². The molecule has 1 fully saturated rings. The van der Waals surface area contributed by atoms with Gasteiger partial charge in [-0.3, -0.25) is 9.59 Å². The molecule has 2 atom stereocenters. The van der Waals surface area contributed by atoms with Gasteiger partial charge in [0.05, 0.1) is 0 Å². The maximum atomic E-state index is 13.8. The summed E-state index contributed by atoms with van der Waals surface area (Å²) >= 11 is 0. The van der Waals surface area contributed by atoms with Gasteiger partial charge in [-0.2, -0.15) is 0 Å². The summed E-state index contributed by atoms with van der Waals surface area (Å²) in [4.78, 5) is 25.7. The molecular weight excluding hydrogens is 278 g/mol. The highest BCUT2D eigenvalue weighted by molar-refractivity contribution is 5.96. The molecule has 1 aliphatic heterocycles. The Hall–Kier alpha value is -1.98. The summed E-state index contributed by atoms with van der Waals surface area (Å²) in [6.45, 7) is 3.47. The number of hydrogen-bond donors (Lipinski definition) is 1. The van der Waals surface area contributed by atoms with E-state index >= 15 is 0 Å². The molecule has 0 spiro atoms. The first-order valence-corrected chi connectivity index (χ1v) is 6.98. The lowest BCUT2D eigenvalue weighted by molar-refractivity contribution is -0.149. The minimum absolute atomic E-state index is 0.0344. The van der Waals surface area contributed by atoms with Gasteiger partial charge in [-0.25, -0.2) is 8.78 Å². The Morgan fingerprint density at radius 1 is 1.29 bits per heavy atom. The lowest BCUT2D eigenvalue weighted by Gasteiger charge is -2.38. The second-order valence-corrected chi connectivity index (χ2v) is 5.24. The zero-order chi connectivity index (χ0) is 15.6. The fourth-order valence-corrected chi connectivity index (χ4v) is 2.50. The zero-order valence-corrected chi connectivity index (χ0v) is 12.0. The molecule has 6 heteroatoms. The zero-order valence-electron chi connectivity index (χ0n) is 12.0. The molecule has 1 saturated heterocycles. The van der Waals surface area contributed by atoms with Crippen LogP contribution in [-0.4, -0.2) is 28.8 Å². The first-order valence-electron chi connectivity index (χ1n) is 6.98. The van der Waals surface area contributed by atoms with Crippen molar-refractivity contribution < 1.29 is 18.4 Å². The lowest BCUT2D eigenvalue weighted by atomic mass is 10.0. The summed E-state index contributed by atoms with van der Waals surface area (Å²) in [5.41, 5.74) is 0.202. The van der Waals surface area contributed by atoms with Gasteiger partial charge in [0.25, 0.3) is 0 Å². The molecule has 2 unspecified atom stereocenters. The number of nitrogens with one attached hydrogen (secondary N) is 1. The van der Waals surface area contributed by atoms with E-state index < -0.39 is 23.7 Å². The van der Waals surface area contributed by atoms with Gasteiger partial charge in [-0.1, -0.05) is 19.4 Å². The third-order valence-electron chi connectivity index (χ3n) is 3.61. The van der Waals surface area contributed by atoms with Crippen LogP contribution in [0.4, 0.5) is 8.78 Å². The second-order valence-electron chi connectivity index (χ2n) is 5.24.